The molecular weight excluding hydrogens is 214 g/mol. The molecule has 0 atom stereocenters. The summed E-state index contributed by atoms with van der Waals surface area (Å²) in [6.07, 6.45) is 7.66. The quantitative estimate of drug-likeness (QED) is 0.754. The van der Waals surface area contributed by atoms with Crippen LogP contribution in [0.25, 0.3) is 0 Å². The number of pyridine rings is 1. The Kier molecular flexibility index (Phi) is 3.32. The highest BCUT2D eigenvalue weighted by molar-refractivity contribution is 6.07. The first-order valence-electron chi connectivity index (χ1n) is 5.76. The summed E-state index contributed by atoms with van der Waals surface area (Å²) in [6, 6.07) is 1.76. The minimum Gasteiger partial charge on any atom is -0.328 e. The van der Waals surface area contributed by atoms with Gasteiger partial charge in [0.15, 0.2) is 5.82 Å². The van der Waals surface area contributed by atoms with E-state index in [0.717, 1.165) is 18.5 Å². The molecule has 88 valence electrons. The Labute approximate surface area is 100 Å². The van der Waals surface area contributed by atoms with Crippen LogP contribution in [-0.4, -0.2) is 20.3 Å². The first-order chi connectivity index (χ1) is 8.27. The smallest absolute Gasteiger partial charge is 0.228 e. The van der Waals surface area contributed by atoms with Crippen LogP contribution < -0.4 is 0 Å². The number of hydrogen-bond donors (Lipinski definition) is 0. The second-order valence-electron chi connectivity index (χ2n) is 3.75. The van der Waals surface area contributed by atoms with Crippen LogP contribution in [0.1, 0.15) is 35.6 Å². The van der Waals surface area contributed by atoms with Gasteiger partial charge in [0.25, 0.3) is 0 Å². The van der Waals surface area contributed by atoms with Gasteiger partial charge in [-0.2, -0.15) is 0 Å². The number of carbonyl (C=O) groups is 1. The van der Waals surface area contributed by atoms with Crippen molar-refractivity contribution in [1.82, 2.24) is 14.5 Å². The molecule has 0 unspecified atom stereocenters. The molecule has 0 saturated carbocycles. The molecule has 0 aliphatic rings. The highest BCUT2D eigenvalue weighted by Gasteiger charge is 2.17. The Morgan fingerprint density at radius 2 is 2.18 bits per heavy atom. The third-order valence-corrected chi connectivity index (χ3v) is 2.79. The highest BCUT2D eigenvalue weighted by Crippen LogP contribution is 2.13. The van der Waals surface area contributed by atoms with E-state index in [1.807, 2.05) is 24.6 Å². The molecular formula is C13H15N3O. The van der Waals surface area contributed by atoms with E-state index in [4.69, 9.17) is 0 Å². The second kappa shape index (κ2) is 4.91. The topological polar surface area (TPSA) is 47.8 Å². The molecule has 2 heterocycles. The Bertz CT molecular complexity index is 531. The fraction of sp³-hybridized carbons (Fsp3) is 0.308. The summed E-state index contributed by atoms with van der Waals surface area (Å²) in [4.78, 5) is 20.5. The van der Waals surface area contributed by atoms with Crippen molar-refractivity contribution in [3.8, 4) is 0 Å². The van der Waals surface area contributed by atoms with Crippen LogP contribution in [0.5, 0.6) is 0 Å². The lowest BCUT2D eigenvalue weighted by Gasteiger charge is -2.07. The van der Waals surface area contributed by atoms with Crippen molar-refractivity contribution in [3.05, 3.63) is 47.8 Å². The predicted octanol–water partition coefficient (Wildman–Crippen LogP) is 2.09. The predicted molar refractivity (Wildman–Crippen MR) is 64.9 cm³/mol. The average molecular weight is 229 g/mol. The minimum atomic E-state index is -0.0314. The van der Waals surface area contributed by atoms with Gasteiger partial charge in [0.1, 0.15) is 0 Å². The molecule has 0 aromatic carbocycles. The number of hydrogen-bond acceptors (Lipinski definition) is 3. The van der Waals surface area contributed by atoms with Gasteiger partial charge in [-0.1, -0.05) is 6.92 Å². The zero-order valence-electron chi connectivity index (χ0n) is 10.1. The van der Waals surface area contributed by atoms with Gasteiger partial charge in [0.05, 0.1) is 0 Å². The van der Waals surface area contributed by atoms with E-state index < -0.39 is 0 Å². The minimum absolute atomic E-state index is 0.0314. The molecule has 2 rings (SSSR count). The van der Waals surface area contributed by atoms with Gasteiger partial charge in [-0.25, -0.2) is 4.98 Å². The van der Waals surface area contributed by atoms with Gasteiger partial charge in [-0.3, -0.25) is 9.78 Å². The molecule has 0 radical (unpaired) electrons. The summed E-state index contributed by atoms with van der Waals surface area (Å²) in [7, 11) is 0. The molecule has 17 heavy (non-hydrogen) atoms. The second-order valence-corrected chi connectivity index (χ2v) is 3.75. The molecule has 0 fully saturated rings. The van der Waals surface area contributed by atoms with Crippen molar-refractivity contribution in [2.75, 3.05) is 0 Å². The Morgan fingerprint density at radius 3 is 2.88 bits per heavy atom. The molecule has 4 nitrogen and oxygen atoms in total. The standard InChI is InChI=1S/C13H15N3O/c1-3-10-9-14-6-5-11(10)12(17)13-15-7-8-16(13)4-2/h5-9H,3-4H2,1-2H3. The maximum Gasteiger partial charge on any atom is 0.228 e. The normalized spacial score (nSPS) is 10.5. The molecule has 0 bridgehead atoms. The van der Waals surface area contributed by atoms with Crippen LogP contribution in [0, 0.1) is 0 Å². The van der Waals surface area contributed by atoms with Crippen LogP contribution in [0.3, 0.4) is 0 Å². The number of aryl methyl sites for hydroxylation is 2. The molecule has 0 saturated heterocycles. The van der Waals surface area contributed by atoms with Crippen molar-refractivity contribution < 1.29 is 4.79 Å². The Balaban J connectivity index is 2.44. The van der Waals surface area contributed by atoms with Crippen molar-refractivity contribution in [2.24, 2.45) is 0 Å². The van der Waals surface area contributed by atoms with E-state index in [-0.39, 0.29) is 5.78 Å². The SMILES string of the molecule is CCc1cnccc1C(=O)c1nccn1CC. The number of aromatic nitrogens is 3. The van der Waals surface area contributed by atoms with Gasteiger partial charge < -0.3 is 4.57 Å². The maximum atomic E-state index is 12.4. The van der Waals surface area contributed by atoms with E-state index in [1.54, 1.807) is 24.7 Å². The molecule has 0 spiro atoms. The summed E-state index contributed by atoms with van der Waals surface area (Å²) < 4.78 is 1.85. The summed E-state index contributed by atoms with van der Waals surface area (Å²) in [5.74, 6) is 0.463. The molecule has 0 N–H and O–H groups in total. The highest BCUT2D eigenvalue weighted by atomic mass is 16.1. The fourth-order valence-corrected chi connectivity index (χ4v) is 1.82. The third kappa shape index (κ3) is 2.11. The van der Waals surface area contributed by atoms with Gasteiger partial charge in [-0.15, -0.1) is 0 Å². The van der Waals surface area contributed by atoms with Crippen LogP contribution in [0.4, 0.5) is 0 Å². The largest absolute Gasteiger partial charge is 0.328 e. The molecule has 0 aliphatic carbocycles. The summed E-state index contributed by atoms with van der Waals surface area (Å²) in [5.41, 5.74) is 1.66. The zero-order valence-corrected chi connectivity index (χ0v) is 10.1. The van der Waals surface area contributed by atoms with E-state index in [9.17, 15) is 4.79 Å². The first kappa shape index (κ1) is 11.5. The number of imidazole rings is 1. The van der Waals surface area contributed by atoms with E-state index in [1.165, 1.54) is 0 Å². The van der Waals surface area contributed by atoms with Crippen LogP contribution in [-0.2, 0) is 13.0 Å². The lowest BCUT2D eigenvalue weighted by atomic mass is 10.0. The first-order valence-corrected chi connectivity index (χ1v) is 5.76. The fourth-order valence-electron chi connectivity index (χ4n) is 1.82. The summed E-state index contributed by atoms with van der Waals surface area (Å²) in [6.45, 7) is 4.75. The number of carbonyl (C=O) groups excluding carboxylic acids is 1. The van der Waals surface area contributed by atoms with Gasteiger partial charge in [0, 0.05) is 36.9 Å². The van der Waals surface area contributed by atoms with Crippen LogP contribution in [0.15, 0.2) is 30.9 Å². The Hall–Kier alpha value is -1.97. The lowest BCUT2D eigenvalue weighted by molar-refractivity contribution is 0.102. The summed E-state index contributed by atoms with van der Waals surface area (Å²) >= 11 is 0. The van der Waals surface area contributed by atoms with Gasteiger partial charge in [-0.05, 0) is 25.0 Å². The monoisotopic (exact) mass is 229 g/mol. The third-order valence-electron chi connectivity index (χ3n) is 2.79. The average Bonchev–Trinajstić information content (AvgIpc) is 2.86. The molecule has 0 amide bonds. The van der Waals surface area contributed by atoms with Gasteiger partial charge in [0.2, 0.25) is 5.78 Å². The molecule has 2 aromatic heterocycles. The number of rotatable bonds is 4. The summed E-state index contributed by atoms with van der Waals surface area (Å²) in [5, 5.41) is 0. The lowest BCUT2D eigenvalue weighted by Crippen LogP contribution is -2.12. The maximum absolute atomic E-state index is 12.4. The van der Waals surface area contributed by atoms with Crippen molar-refractivity contribution in [3.63, 3.8) is 0 Å². The molecule has 2 aromatic rings. The van der Waals surface area contributed by atoms with Crippen LogP contribution >= 0.6 is 0 Å². The van der Waals surface area contributed by atoms with Gasteiger partial charge >= 0.3 is 0 Å². The van der Waals surface area contributed by atoms with E-state index >= 15 is 0 Å². The number of nitrogens with zero attached hydrogens (tertiary/aromatic N) is 3. The van der Waals surface area contributed by atoms with Crippen molar-refractivity contribution in [1.29, 1.82) is 0 Å². The Morgan fingerprint density at radius 1 is 1.35 bits per heavy atom. The zero-order chi connectivity index (χ0) is 12.3. The molecule has 0 aliphatic heterocycles. The molecule has 4 heteroatoms. The van der Waals surface area contributed by atoms with E-state index in [0.29, 0.717) is 11.4 Å². The van der Waals surface area contributed by atoms with Crippen molar-refractivity contribution in [2.45, 2.75) is 26.8 Å². The number of ketones is 1. The van der Waals surface area contributed by atoms with Crippen molar-refractivity contribution >= 4 is 5.78 Å². The van der Waals surface area contributed by atoms with Crippen LogP contribution in [0.2, 0.25) is 0 Å². The van der Waals surface area contributed by atoms with E-state index in [2.05, 4.69) is 9.97 Å².